The fraction of sp³-hybridized carbons (Fsp3) is 0.526. The number of pyridine rings is 4. The minimum absolute atomic E-state index is 0. The summed E-state index contributed by atoms with van der Waals surface area (Å²) in [7, 11) is 0. The molecule has 130 heavy (non-hydrogen) atoms. The van der Waals surface area contributed by atoms with Crippen LogP contribution in [0.1, 0.15) is 38.5 Å². The van der Waals surface area contributed by atoms with Crippen molar-refractivity contribution in [2.24, 2.45) is 0 Å². The summed E-state index contributed by atoms with van der Waals surface area (Å²) in [5.41, 5.74) is 4.92. The Morgan fingerprint density at radius 1 is 0.177 bits per heavy atom. The molecule has 54 heteroatoms. The second kappa shape index (κ2) is 26.3. The molecule has 0 aliphatic carbocycles. The number of hydrogen-bond acceptors (Lipinski definition) is 18. The molecule has 0 radical (unpaired) electrons. The van der Waals surface area contributed by atoms with Gasteiger partial charge in [-0.3, -0.25) is 167 Å². The second-order valence-corrected chi connectivity index (χ2v) is 36.7. The average Bonchev–Trinajstić information content (AvgIpc) is 1.51. The molecular formula is C76H80Br2N36O16. The van der Waals surface area contributed by atoms with Gasteiger partial charge in [-0.05, 0) is 59.4 Å². The number of aryl methyl sites for hydroxylation is 2. The predicted molar refractivity (Wildman–Crippen MR) is 411 cm³/mol. The van der Waals surface area contributed by atoms with E-state index in [1.807, 2.05) is 24.8 Å². The van der Waals surface area contributed by atoms with Crippen molar-refractivity contribution in [2.75, 3.05) is 107 Å². The van der Waals surface area contributed by atoms with E-state index in [9.17, 15) is 0 Å². The van der Waals surface area contributed by atoms with Gasteiger partial charge < -0.3 is 34.0 Å². The maximum atomic E-state index is 15.5. The van der Waals surface area contributed by atoms with E-state index in [4.69, 9.17) is 0 Å². The fourth-order valence-electron chi connectivity index (χ4n) is 25.3. The normalized spacial score (nSPS) is 32.5. The lowest BCUT2D eigenvalue weighted by Crippen LogP contribution is -3.00. The lowest BCUT2D eigenvalue weighted by atomic mass is 10.1. The van der Waals surface area contributed by atoms with Crippen molar-refractivity contribution in [1.29, 1.82) is 0 Å². The molecule has 4 aromatic rings. The quantitative estimate of drug-likeness (QED) is 0.0994. The van der Waals surface area contributed by atoms with Gasteiger partial charge in [0.2, 0.25) is 0 Å². The van der Waals surface area contributed by atoms with Gasteiger partial charge in [0, 0.05) is 61.9 Å². The zero-order valence-electron chi connectivity index (χ0n) is 68.8. The Morgan fingerprint density at radius 3 is 0.408 bits per heavy atom. The van der Waals surface area contributed by atoms with Gasteiger partial charge in [-0.25, -0.2) is 85.8 Å². The van der Waals surface area contributed by atoms with Gasteiger partial charge in [0.1, 0.15) is 120 Å². The van der Waals surface area contributed by atoms with Crippen LogP contribution in [0.4, 0.5) is 76.7 Å². The summed E-state index contributed by atoms with van der Waals surface area (Å²) in [5.74, 6) is 0. The number of carbonyl (C=O) groups is 16. The Bertz CT molecular complexity index is 4510. The van der Waals surface area contributed by atoms with Crippen molar-refractivity contribution in [3.8, 4) is 22.3 Å². The van der Waals surface area contributed by atoms with Crippen molar-refractivity contribution in [3.05, 3.63) is 98.1 Å². The van der Waals surface area contributed by atoms with E-state index in [1.54, 1.807) is 0 Å². The van der Waals surface area contributed by atoms with Crippen LogP contribution in [0.15, 0.2) is 98.1 Å². The molecule has 0 N–H and O–H groups in total. The molecule has 24 aliphatic heterocycles. The van der Waals surface area contributed by atoms with Crippen LogP contribution >= 0.6 is 0 Å². The monoisotopic (exact) mass is 1910 g/mol. The number of hydrogen-bond donors (Lipinski definition) is 0. The van der Waals surface area contributed by atoms with E-state index in [-0.39, 0.29) is 34.0 Å². The minimum atomic E-state index is -1.28. The van der Waals surface area contributed by atoms with Gasteiger partial charge in [0.25, 0.3) is 0 Å². The third-order valence-corrected chi connectivity index (χ3v) is 31.0. The number of urea groups is 16. The fourth-order valence-corrected chi connectivity index (χ4v) is 25.3. The van der Waals surface area contributed by atoms with Gasteiger partial charge in [0.05, 0.1) is 0 Å². The molecule has 24 fully saturated rings. The number of rotatable bonds is 11. The highest BCUT2D eigenvalue weighted by Crippen LogP contribution is 2.54. The molecule has 0 aromatic carbocycles. The van der Waals surface area contributed by atoms with Crippen LogP contribution in [0.2, 0.25) is 0 Å². The number of carbonyl (C=O) groups excluding carboxylic acids is 16. The van der Waals surface area contributed by atoms with Crippen molar-refractivity contribution in [2.45, 2.75) is 150 Å². The van der Waals surface area contributed by atoms with Gasteiger partial charge in [-0.2, -0.15) is 0 Å². The van der Waals surface area contributed by atoms with Gasteiger partial charge in [0.15, 0.2) is 123 Å². The van der Waals surface area contributed by atoms with Crippen molar-refractivity contribution in [1.82, 2.24) is 167 Å². The number of amides is 32. The van der Waals surface area contributed by atoms with E-state index in [1.165, 1.54) is 218 Å². The summed E-state index contributed by atoms with van der Waals surface area (Å²) in [5, 5.41) is 0. The number of aromatic nitrogens is 4. The summed E-state index contributed by atoms with van der Waals surface area (Å²) in [6.07, 6.45) is 3.41. The van der Waals surface area contributed by atoms with Crippen LogP contribution in [-0.2, 0) is 13.1 Å². The van der Waals surface area contributed by atoms with E-state index in [0.29, 0.717) is 0 Å². The first-order valence-corrected chi connectivity index (χ1v) is 43.1. The third-order valence-electron chi connectivity index (χ3n) is 31.0. The predicted octanol–water partition coefficient (Wildman–Crippen LogP) is -8.12. The lowest BCUT2D eigenvalue weighted by molar-refractivity contribution is -0.697. The summed E-state index contributed by atoms with van der Waals surface area (Å²) >= 11 is 0. The van der Waals surface area contributed by atoms with Crippen LogP contribution < -0.4 is 43.1 Å². The highest BCUT2D eigenvalue weighted by atomic mass is 79.9. The second-order valence-electron chi connectivity index (χ2n) is 36.7. The molecule has 0 saturated carbocycles. The summed E-state index contributed by atoms with van der Waals surface area (Å²) in [6.45, 7) is -6.69. The van der Waals surface area contributed by atoms with Crippen molar-refractivity contribution in [3.63, 3.8) is 0 Å². The number of nitrogens with zero attached hydrogens (tertiary/aromatic N) is 36. The van der Waals surface area contributed by atoms with Crippen LogP contribution in [0, 0.1) is 0 Å². The molecule has 0 atom stereocenters. The SMILES string of the molecule is O=C1N2CN3C(=O)N4CN5C(=O)N6CN7C(=O)N8CN9C(=O)N%10CN%11C(=O)N%12CN%13C(=O)N%14CN%15C(=O)N%16CN1C1C2N2CN%17C(=O)N(CN%18C(=O)N(CN%19C(=O)N(CN%20C(=O)N(CN%21C(=O)N(CN%22C(=O)N(CN%23C(=O)N(CN1C2=O)C%16C%15%23)C%14C%13%22)C%12C%11%21)C%10C9%20)C8C7%19)C6C5%18)C4C3%17.[Br-].[Br-].c1cc(-c2cc[n+](CCCCCCCC[n+]3ccc(-c4ccncc4)cc3)cc2)ccn1. The molecule has 32 amide bonds. The number of halogens is 2. The summed E-state index contributed by atoms with van der Waals surface area (Å²) < 4.78 is 4.58. The number of unbranched alkanes of at least 4 members (excludes halogenated alkanes) is 5. The highest BCUT2D eigenvalue weighted by molar-refractivity contribution is 5.97. The first-order chi connectivity index (χ1) is 62.2. The zero-order chi connectivity index (χ0) is 86.1. The lowest BCUT2D eigenvalue weighted by Gasteiger charge is -2.42. The molecule has 52 nitrogen and oxygen atoms in total. The topological polar surface area (TPSA) is 410 Å². The first-order valence-electron chi connectivity index (χ1n) is 43.1. The molecule has 0 spiro atoms. The summed E-state index contributed by atoms with van der Waals surface area (Å²) in [6, 6.07) is 5.08. The van der Waals surface area contributed by atoms with Crippen LogP contribution in [-0.4, -0.2) is 469 Å². The highest BCUT2D eigenvalue weighted by Gasteiger charge is 2.78. The Hall–Kier alpha value is -14.1. The third kappa shape index (κ3) is 9.40. The molecule has 0 bridgehead atoms. The van der Waals surface area contributed by atoms with E-state index < -0.39 is 302 Å². The Morgan fingerprint density at radius 2 is 0.285 bits per heavy atom. The Balaban J connectivity index is 0.000000223. The van der Waals surface area contributed by atoms with Gasteiger partial charge >= 0.3 is 96.5 Å². The average molecular weight is 1910 g/mol. The first kappa shape index (κ1) is 77.1. The van der Waals surface area contributed by atoms with Crippen LogP contribution in [0.25, 0.3) is 22.3 Å². The zero-order valence-corrected chi connectivity index (χ0v) is 72.0. The van der Waals surface area contributed by atoms with E-state index in [0.717, 1.165) is 13.1 Å². The molecular weight excluding hydrogens is 1830 g/mol. The van der Waals surface area contributed by atoms with Crippen LogP contribution in [0.5, 0.6) is 0 Å². The molecule has 0 unspecified atom stereocenters. The van der Waals surface area contributed by atoms with Crippen LogP contribution in [0.3, 0.4) is 0 Å². The van der Waals surface area contributed by atoms with Crippen molar-refractivity contribution < 1.29 is 120 Å². The maximum Gasteiger partial charge on any atom is 0.326 e. The Kier molecular flexibility index (Phi) is 15.6. The van der Waals surface area contributed by atoms with Crippen molar-refractivity contribution >= 4 is 96.5 Å². The molecule has 674 valence electrons. The van der Waals surface area contributed by atoms with E-state index >= 15 is 76.7 Å². The van der Waals surface area contributed by atoms with Gasteiger partial charge in [-0.1, -0.05) is 12.8 Å². The summed E-state index contributed by atoms with van der Waals surface area (Å²) in [4.78, 5) is 297. The molecule has 28 rings (SSSR count). The van der Waals surface area contributed by atoms with E-state index in [2.05, 4.69) is 92.4 Å². The largest absolute Gasteiger partial charge is 1.00 e. The molecule has 24 aliphatic rings. The Labute approximate surface area is 756 Å². The molecule has 28 heterocycles. The molecule has 24 saturated heterocycles. The maximum absolute atomic E-state index is 15.5. The van der Waals surface area contributed by atoms with Gasteiger partial charge in [-0.15, -0.1) is 0 Å². The molecule has 4 aromatic heterocycles. The standard InChI is InChI=1S/C48H48N32O16.C28H32N4.2BrH/c81-33-49-1-50-18-20-54(34(50)82)4-58-22-24-62(38(58)86)8-66-26-28-70(42(66)90)12-74-30-32-78(46(74)94)15-77-31-29-73(45(77)93)11-69-27-25-65(41(69)89)7-61-23-21-57(37(61)85)3-53(33)19-17(49)51-2-52(18)36(84)56(20)6-60(22)40(88)64(24)10-68(26)44(92)72(28)14-76(30)48(96)80(32)16-79(31)47(95)75(29)13-71(27)43(91)67(25)9-63(23)39(87)59(21)5-55(19)35(51)83;1(3-5-19-31-21-11-27(12-22-31)25-7-15-29-16-8-25)2-4-6-20-32-23-13-28(14-24-32)26-9-17-30-18-10-26;;/h17-32H,1-16H2;7-18,21-24H,1-6,19-20H2;2*1H/q;+2;;/p-2. The smallest absolute Gasteiger partial charge is 0.326 e. The minimum Gasteiger partial charge on any atom is -1.00 e.